The zero-order valence-electron chi connectivity index (χ0n) is 22.1. The summed E-state index contributed by atoms with van der Waals surface area (Å²) >= 11 is 6.34. The number of phenols is 1. The number of hydrogen-bond donors (Lipinski definition) is 4. The number of carbonyl (C=O) groups excluding carboxylic acids is 2. The number of anilines is 1. The van der Waals surface area contributed by atoms with E-state index in [1.54, 1.807) is 32.1 Å². The van der Waals surface area contributed by atoms with Crippen molar-refractivity contribution in [2.75, 3.05) is 19.1 Å². The zero-order chi connectivity index (χ0) is 28.0. The number of fused-ring (bicyclic) bond motifs is 5. The summed E-state index contributed by atoms with van der Waals surface area (Å²) in [6.07, 6.45) is 1.27. The van der Waals surface area contributed by atoms with Crippen molar-refractivity contribution in [2.45, 2.75) is 75.8 Å². The molecule has 208 valence electrons. The fourth-order valence-corrected chi connectivity index (χ4v) is 5.56. The molecule has 10 nitrogen and oxygen atoms in total. The van der Waals surface area contributed by atoms with Crippen LogP contribution in [-0.2, 0) is 25.4 Å². The lowest BCUT2D eigenvalue weighted by Gasteiger charge is -2.42. The van der Waals surface area contributed by atoms with Crippen molar-refractivity contribution >= 4 is 29.3 Å². The molecule has 3 heterocycles. The largest absolute Gasteiger partial charge is 0.506 e. The number of phenolic OH excluding ortho intramolecular Hbond substituents is 1. The Kier molecular flexibility index (Phi) is 7.84. The molecule has 2 fully saturated rings. The lowest BCUT2D eigenvalue weighted by molar-refractivity contribution is -0.142. The number of aliphatic hydroxyl groups excluding tert-OH is 1. The number of nitrogens with one attached hydrogen (secondary N) is 1. The van der Waals surface area contributed by atoms with Gasteiger partial charge in [0.05, 0.1) is 24.3 Å². The predicted octanol–water partition coefficient (Wildman–Crippen LogP) is 2.81. The van der Waals surface area contributed by atoms with Gasteiger partial charge in [-0.1, -0.05) is 42.3 Å². The van der Waals surface area contributed by atoms with Crippen LogP contribution in [0.2, 0.25) is 5.02 Å². The third-order valence-corrected chi connectivity index (χ3v) is 8.16. The average Bonchev–Trinajstić information content (AvgIpc) is 3.54. The van der Waals surface area contributed by atoms with Gasteiger partial charge in [-0.15, -0.1) is 0 Å². The fourth-order valence-electron chi connectivity index (χ4n) is 5.33. The number of alkyl carbamates (subject to hydrolysis) is 1. The normalized spacial score (nSPS) is 38.4. The lowest BCUT2D eigenvalue weighted by atomic mass is 9.84. The minimum absolute atomic E-state index is 0.0166. The third kappa shape index (κ3) is 5.41. The van der Waals surface area contributed by atoms with Crippen molar-refractivity contribution in [3.8, 4) is 5.75 Å². The van der Waals surface area contributed by atoms with Gasteiger partial charge in [0.2, 0.25) is 5.91 Å². The summed E-state index contributed by atoms with van der Waals surface area (Å²) in [7, 11) is 2.96. The molecule has 0 aliphatic carbocycles. The van der Waals surface area contributed by atoms with Crippen LogP contribution in [0, 0.1) is 5.92 Å². The molecule has 4 N–H and O–H groups in total. The summed E-state index contributed by atoms with van der Waals surface area (Å²) in [5.74, 6) is -0.990. The van der Waals surface area contributed by atoms with Crippen LogP contribution in [0.1, 0.15) is 39.2 Å². The number of epoxide rings is 1. The van der Waals surface area contributed by atoms with E-state index >= 15 is 0 Å². The van der Waals surface area contributed by atoms with Crippen LogP contribution in [0.3, 0.4) is 0 Å². The first kappa shape index (κ1) is 28.4. The van der Waals surface area contributed by atoms with Crippen molar-refractivity contribution < 1.29 is 39.1 Å². The Morgan fingerprint density at radius 3 is 2.68 bits per heavy atom. The maximum absolute atomic E-state index is 13.1. The molecule has 38 heavy (non-hydrogen) atoms. The smallest absolute Gasteiger partial charge is 0.409 e. The molecule has 0 radical (unpaired) electrons. The van der Waals surface area contributed by atoms with E-state index in [0.717, 1.165) is 11.1 Å². The number of nitrogens with zero attached hydrogens (tertiary/aromatic N) is 1. The highest BCUT2D eigenvalue weighted by molar-refractivity contribution is 6.35. The minimum Gasteiger partial charge on any atom is -0.506 e. The molecule has 2 amide bonds. The Labute approximate surface area is 226 Å². The van der Waals surface area contributed by atoms with Crippen molar-refractivity contribution in [1.82, 2.24) is 5.32 Å². The van der Waals surface area contributed by atoms with Crippen LogP contribution < -0.4 is 10.2 Å². The molecule has 7 atom stereocenters. The third-order valence-electron chi connectivity index (χ3n) is 7.78. The van der Waals surface area contributed by atoms with Crippen LogP contribution in [0.15, 0.2) is 35.9 Å². The van der Waals surface area contributed by atoms with Crippen molar-refractivity contribution in [3.05, 3.63) is 46.5 Å². The first-order chi connectivity index (χ1) is 17.8. The molecule has 1 aromatic rings. The highest BCUT2D eigenvalue weighted by Gasteiger charge is 2.62. The number of hydrogen-bond acceptors (Lipinski definition) is 8. The Bertz CT molecular complexity index is 1170. The van der Waals surface area contributed by atoms with Gasteiger partial charge in [0.25, 0.3) is 0 Å². The second kappa shape index (κ2) is 10.5. The Balaban J connectivity index is 1.73. The highest BCUT2D eigenvalue weighted by Crippen LogP contribution is 2.48. The van der Waals surface area contributed by atoms with E-state index in [2.05, 4.69) is 5.32 Å². The first-order valence-electron chi connectivity index (χ1n) is 12.5. The van der Waals surface area contributed by atoms with E-state index in [-0.39, 0.29) is 23.6 Å². The van der Waals surface area contributed by atoms with Crippen molar-refractivity contribution in [2.24, 2.45) is 5.92 Å². The molecule has 3 aliphatic rings. The molecule has 4 bridgehead atoms. The SMILES string of the molecule is COC1/C=C/C=C(\C)Cc2cc(O)c(Cl)c(c2)N(C)C(=O)CC(O)C2(C)OC2C(C)C2CC1(O)NC(=O)O2. The quantitative estimate of drug-likeness (QED) is 0.391. The van der Waals surface area contributed by atoms with Gasteiger partial charge in [-0.25, -0.2) is 4.79 Å². The van der Waals surface area contributed by atoms with E-state index in [1.807, 2.05) is 13.0 Å². The van der Waals surface area contributed by atoms with Crippen molar-refractivity contribution in [3.63, 3.8) is 0 Å². The Hall–Kier alpha value is -2.63. The Morgan fingerprint density at radius 1 is 1.29 bits per heavy atom. The molecule has 4 rings (SSSR count). The van der Waals surface area contributed by atoms with Crippen LogP contribution in [-0.4, -0.2) is 77.2 Å². The topological polar surface area (TPSA) is 141 Å². The van der Waals surface area contributed by atoms with E-state index in [0.29, 0.717) is 12.1 Å². The average molecular weight is 551 g/mol. The minimum atomic E-state index is -1.75. The van der Waals surface area contributed by atoms with E-state index in [1.165, 1.54) is 25.1 Å². The van der Waals surface area contributed by atoms with Crippen LogP contribution >= 0.6 is 11.6 Å². The van der Waals surface area contributed by atoms with Gasteiger partial charge >= 0.3 is 6.09 Å². The van der Waals surface area contributed by atoms with Gasteiger partial charge in [0.15, 0.2) is 5.72 Å². The summed E-state index contributed by atoms with van der Waals surface area (Å²) in [5.41, 5.74) is -0.867. The van der Waals surface area contributed by atoms with Gasteiger partial charge in [-0.05, 0) is 38.0 Å². The van der Waals surface area contributed by atoms with Gasteiger partial charge in [-0.2, -0.15) is 0 Å². The molecular weight excluding hydrogens is 516 g/mol. The molecule has 2 saturated heterocycles. The molecule has 11 heteroatoms. The summed E-state index contributed by atoms with van der Waals surface area (Å²) in [5, 5.41) is 35.3. The van der Waals surface area contributed by atoms with E-state index in [9.17, 15) is 24.9 Å². The first-order valence-corrected chi connectivity index (χ1v) is 12.9. The van der Waals surface area contributed by atoms with Crippen molar-refractivity contribution in [1.29, 1.82) is 0 Å². The lowest BCUT2D eigenvalue weighted by Crippen LogP contribution is -2.63. The fraction of sp³-hybridized carbons (Fsp3) is 0.556. The van der Waals surface area contributed by atoms with E-state index < -0.39 is 53.7 Å². The number of halogens is 1. The maximum atomic E-state index is 13.1. The molecule has 0 aromatic heterocycles. The number of rotatable bonds is 1. The molecule has 0 saturated carbocycles. The molecule has 0 spiro atoms. The monoisotopic (exact) mass is 550 g/mol. The summed E-state index contributed by atoms with van der Waals surface area (Å²) in [6, 6.07) is 3.25. The molecule has 1 aromatic carbocycles. The standard InChI is InChI=1S/C27H35ClN2O8/c1-14-7-6-8-21(36-5)27(35)13-19(37-25(34)29-27)15(2)24-26(3,38-24)20(32)12-22(33)30(4)17-10-16(9-14)11-18(31)23(17)28/h6-8,10-11,15,19-21,24,31-32,35H,9,12-13H2,1-5H3,(H,29,34)/b8-6+,14-7+. The summed E-state index contributed by atoms with van der Waals surface area (Å²) < 4.78 is 16.9. The van der Waals surface area contributed by atoms with Crippen LogP contribution in [0.4, 0.5) is 10.5 Å². The second-order valence-corrected chi connectivity index (χ2v) is 11.0. The number of benzene rings is 1. The maximum Gasteiger partial charge on any atom is 0.409 e. The summed E-state index contributed by atoms with van der Waals surface area (Å²) in [4.78, 5) is 26.9. The van der Waals surface area contributed by atoms with Gasteiger partial charge in [0.1, 0.15) is 28.6 Å². The molecule has 3 aliphatic heterocycles. The van der Waals surface area contributed by atoms with Crippen LogP contribution in [0.5, 0.6) is 5.75 Å². The number of aromatic hydroxyl groups is 1. The van der Waals surface area contributed by atoms with Crippen LogP contribution in [0.25, 0.3) is 0 Å². The number of aliphatic hydroxyl groups is 2. The van der Waals surface area contributed by atoms with Gasteiger partial charge in [-0.3, -0.25) is 10.1 Å². The van der Waals surface area contributed by atoms with Gasteiger partial charge < -0.3 is 34.4 Å². The summed E-state index contributed by atoms with van der Waals surface area (Å²) in [6.45, 7) is 5.39. The number of allylic oxidation sites excluding steroid dienone is 3. The number of carbonyl (C=O) groups is 2. The predicted molar refractivity (Wildman–Crippen MR) is 140 cm³/mol. The number of amides is 2. The molecular formula is C27H35ClN2O8. The highest BCUT2D eigenvalue weighted by atomic mass is 35.5. The Morgan fingerprint density at radius 2 is 2.00 bits per heavy atom. The van der Waals surface area contributed by atoms with E-state index in [4.69, 9.17) is 25.8 Å². The second-order valence-electron chi connectivity index (χ2n) is 10.6. The molecule has 7 unspecified atom stereocenters. The van der Waals surface area contributed by atoms with Gasteiger partial charge in [0, 0.05) is 26.5 Å². The number of methoxy groups -OCH3 is 1. The zero-order valence-corrected chi connectivity index (χ0v) is 22.9. The number of ether oxygens (including phenoxy) is 3.